The van der Waals surface area contributed by atoms with Crippen LogP contribution in [0.4, 0.5) is 10.1 Å². The van der Waals surface area contributed by atoms with Crippen LogP contribution >= 0.6 is 15.9 Å². The van der Waals surface area contributed by atoms with Crippen LogP contribution in [0.2, 0.25) is 0 Å². The summed E-state index contributed by atoms with van der Waals surface area (Å²) in [5.74, 6) is -1.09. The predicted octanol–water partition coefficient (Wildman–Crippen LogP) is 4.14. The van der Waals surface area contributed by atoms with Crippen molar-refractivity contribution < 1.29 is 18.7 Å². The van der Waals surface area contributed by atoms with Crippen LogP contribution in [0.5, 0.6) is 11.5 Å². The average molecular weight is 354 g/mol. The van der Waals surface area contributed by atoms with Crippen molar-refractivity contribution in [3.63, 3.8) is 0 Å². The van der Waals surface area contributed by atoms with Gasteiger partial charge in [0.2, 0.25) is 0 Å². The van der Waals surface area contributed by atoms with Crippen molar-refractivity contribution in [1.82, 2.24) is 0 Å². The minimum Gasteiger partial charge on any atom is -0.462 e. The van der Waals surface area contributed by atoms with Crippen LogP contribution in [0.25, 0.3) is 0 Å². The zero-order valence-corrected chi connectivity index (χ0v) is 12.8. The Kier molecular flexibility index (Phi) is 4.80. The minimum atomic E-state index is -0.574. The fourth-order valence-electron chi connectivity index (χ4n) is 1.70. The summed E-state index contributed by atoms with van der Waals surface area (Å²) in [5, 5.41) is 0. The van der Waals surface area contributed by atoms with Crippen molar-refractivity contribution in [3.8, 4) is 11.5 Å². The number of rotatable bonds is 4. The van der Waals surface area contributed by atoms with E-state index in [0.29, 0.717) is 4.47 Å². The Morgan fingerprint density at radius 2 is 2.10 bits per heavy atom. The number of carbonyl (C=O) groups is 1. The van der Waals surface area contributed by atoms with Gasteiger partial charge in [-0.15, -0.1) is 0 Å². The van der Waals surface area contributed by atoms with Crippen molar-refractivity contribution in [3.05, 3.63) is 52.3 Å². The van der Waals surface area contributed by atoms with E-state index < -0.39 is 11.8 Å². The lowest BCUT2D eigenvalue weighted by Gasteiger charge is -2.13. The van der Waals surface area contributed by atoms with Gasteiger partial charge >= 0.3 is 5.97 Å². The highest BCUT2D eigenvalue weighted by molar-refractivity contribution is 9.10. The molecule has 0 unspecified atom stereocenters. The second-order valence-electron chi connectivity index (χ2n) is 4.12. The molecule has 0 saturated carbocycles. The highest BCUT2D eigenvalue weighted by Crippen LogP contribution is 2.34. The Bertz CT molecular complexity index is 676. The molecule has 0 radical (unpaired) electrons. The predicted molar refractivity (Wildman–Crippen MR) is 81.0 cm³/mol. The van der Waals surface area contributed by atoms with Crippen LogP contribution in [0, 0.1) is 5.82 Å². The first-order valence-electron chi connectivity index (χ1n) is 6.21. The maximum Gasteiger partial charge on any atom is 0.342 e. The second-order valence-corrected chi connectivity index (χ2v) is 5.04. The smallest absolute Gasteiger partial charge is 0.342 e. The molecule has 0 fully saturated rings. The summed E-state index contributed by atoms with van der Waals surface area (Å²) >= 11 is 3.23. The maximum absolute atomic E-state index is 13.8. The summed E-state index contributed by atoms with van der Waals surface area (Å²) < 4.78 is 24.8. The summed E-state index contributed by atoms with van der Waals surface area (Å²) in [4.78, 5) is 11.9. The van der Waals surface area contributed by atoms with Crippen molar-refractivity contribution >= 4 is 27.6 Å². The third-order valence-corrected chi connectivity index (χ3v) is 3.14. The van der Waals surface area contributed by atoms with E-state index >= 15 is 0 Å². The van der Waals surface area contributed by atoms with Gasteiger partial charge in [0, 0.05) is 4.47 Å². The van der Waals surface area contributed by atoms with E-state index in [2.05, 4.69) is 15.9 Å². The van der Waals surface area contributed by atoms with Gasteiger partial charge in [0.15, 0.2) is 17.3 Å². The second kappa shape index (κ2) is 6.58. The zero-order chi connectivity index (χ0) is 15.4. The van der Waals surface area contributed by atoms with Crippen LogP contribution in [-0.4, -0.2) is 12.6 Å². The summed E-state index contributed by atoms with van der Waals surface area (Å²) in [5.41, 5.74) is 6.20. The molecule has 0 aromatic heterocycles. The quantitative estimate of drug-likeness (QED) is 0.662. The number of nitrogen functional groups attached to an aromatic ring is 1. The highest BCUT2D eigenvalue weighted by Gasteiger charge is 2.18. The molecule has 2 aromatic carbocycles. The third kappa shape index (κ3) is 3.52. The van der Waals surface area contributed by atoms with E-state index in [4.69, 9.17) is 15.2 Å². The lowest BCUT2D eigenvalue weighted by molar-refractivity contribution is 0.0523. The number of nitrogens with two attached hydrogens (primary N) is 1. The van der Waals surface area contributed by atoms with Gasteiger partial charge < -0.3 is 15.2 Å². The van der Waals surface area contributed by atoms with E-state index in [1.54, 1.807) is 25.1 Å². The molecule has 4 nitrogen and oxygen atoms in total. The molecule has 0 bridgehead atoms. The SMILES string of the molecule is CCOC(=O)c1cccc(N)c1Oc1cc(Br)ccc1F. The van der Waals surface area contributed by atoms with Gasteiger partial charge in [-0.2, -0.15) is 0 Å². The summed E-state index contributed by atoms with van der Waals surface area (Å²) in [6, 6.07) is 8.93. The van der Waals surface area contributed by atoms with Gasteiger partial charge in [0.1, 0.15) is 5.56 Å². The Balaban J connectivity index is 2.43. The first kappa shape index (κ1) is 15.3. The number of hydrogen-bond donors (Lipinski definition) is 1. The van der Waals surface area contributed by atoms with E-state index in [1.165, 1.54) is 18.2 Å². The number of halogens is 2. The molecule has 2 N–H and O–H groups in total. The number of esters is 1. The Morgan fingerprint density at radius 3 is 2.81 bits per heavy atom. The van der Waals surface area contributed by atoms with Gasteiger partial charge in [-0.25, -0.2) is 9.18 Å². The number of anilines is 1. The van der Waals surface area contributed by atoms with Crippen LogP contribution in [-0.2, 0) is 4.74 Å². The number of ether oxygens (including phenoxy) is 2. The summed E-state index contributed by atoms with van der Waals surface area (Å²) in [6.45, 7) is 1.91. The maximum atomic E-state index is 13.8. The Labute approximate surface area is 129 Å². The van der Waals surface area contributed by atoms with Gasteiger partial charge in [-0.3, -0.25) is 0 Å². The van der Waals surface area contributed by atoms with Crippen LogP contribution in [0.3, 0.4) is 0 Å². The number of benzene rings is 2. The van der Waals surface area contributed by atoms with Gasteiger partial charge in [0.25, 0.3) is 0 Å². The molecule has 6 heteroatoms. The molecule has 0 amide bonds. The molecule has 0 spiro atoms. The molecule has 0 aliphatic heterocycles. The first-order chi connectivity index (χ1) is 10.0. The standard InChI is InChI=1S/C15H13BrFNO3/c1-2-20-15(19)10-4-3-5-12(18)14(10)21-13-8-9(16)6-7-11(13)17/h3-8H,2,18H2,1H3. The average Bonchev–Trinajstić information content (AvgIpc) is 2.45. The molecule has 2 rings (SSSR count). The topological polar surface area (TPSA) is 61.5 Å². The zero-order valence-electron chi connectivity index (χ0n) is 11.2. The number of carbonyl (C=O) groups excluding carboxylic acids is 1. The largest absolute Gasteiger partial charge is 0.462 e. The van der Waals surface area contributed by atoms with Gasteiger partial charge in [-0.1, -0.05) is 22.0 Å². The van der Waals surface area contributed by atoms with Crippen molar-refractivity contribution in [1.29, 1.82) is 0 Å². The molecule has 0 saturated heterocycles. The molecule has 0 heterocycles. The molecule has 0 atom stereocenters. The molecule has 110 valence electrons. The molecule has 0 aliphatic carbocycles. The lowest BCUT2D eigenvalue weighted by atomic mass is 10.1. The fourth-order valence-corrected chi connectivity index (χ4v) is 2.04. The van der Waals surface area contributed by atoms with Crippen molar-refractivity contribution in [2.75, 3.05) is 12.3 Å². The van der Waals surface area contributed by atoms with E-state index in [9.17, 15) is 9.18 Å². The lowest BCUT2D eigenvalue weighted by Crippen LogP contribution is -2.08. The normalized spacial score (nSPS) is 10.2. The molecule has 21 heavy (non-hydrogen) atoms. The minimum absolute atomic E-state index is 0.0344. The monoisotopic (exact) mass is 353 g/mol. The Morgan fingerprint density at radius 1 is 1.33 bits per heavy atom. The molecule has 2 aromatic rings. The fraction of sp³-hybridized carbons (Fsp3) is 0.133. The van der Waals surface area contributed by atoms with Crippen LogP contribution < -0.4 is 10.5 Å². The van der Waals surface area contributed by atoms with Crippen molar-refractivity contribution in [2.45, 2.75) is 6.92 Å². The van der Waals surface area contributed by atoms with Crippen LogP contribution in [0.15, 0.2) is 40.9 Å². The van der Waals surface area contributed by atoms with Crippen molar-refractivity contribution in [2.24, 2.45) is 0 Å². The van der Waals surface area contributed by atoms with Crippen LogP contribution in [0.1, 0.15) is 17.3 Å². The molecule has 0 aliphatic rings. The Hall–Kier alpha value is -2.08. The van der Waals surface area contributed by atoms with E-state index in [1.807, 2.05) is 0 Å². The summed E-state index contributed by atoms with van der Waals surface area (Å²) in [7, 11) is 0. The molecular formula is C15H13BrFNO3. The molecular weight excluding hydrogens is 341 g/mol. The van der Waals surface area contributed by atoms with Gasteiger partial charge in [-0.05, 0) is 37.3 Å². The summed E-state index contributed by atoms with van der Waals surface area (Å²) in [6.07, 6.45) is 0. The first-order valence-corrected chi connectivity index (χ1v) is 7.00. The van der Waals surface area contributed by atoms with E-state index in [0.717, 1.165) is 0 Å². The van der Waals surface area contributed by atoms with E-state index in [-0.39, 0.29) is 29.4 Å². The number of hydrogen-bond acceptors (Lipinski definition) is 4. The highest BCUT2D eigenvalue weighted by atomic mass is 79.9. The van der Waals surface area contributed by atoms with Gasteiger partial charge in [0.05, 0.1) is 12.3 Å². The third-order valence-electron chi connectivity index (χ3n) is 2.65. The number of para-hydroxylation sites is 1.